The second-order valence-electron chi connectivity index (χ2n) is 5.74. The minimum absolute atomic E-state index is 0.0363. The molecule has 1 aliphatic carbocycles. The Morgan fingerprint density at radius 2 is 2.18 bits per heavy atom. The number of nitrogens with one attached hydrogen (secondary N) is 1. The van der Waals surface area contributed by atoms with E-state index in [0.29, 0.717) is 13.0 Å². The molecule has 22 heavy (non-hydrogen) atoms. The number of nitrogens with zero attached hydrogens (tertiary/aromatic N) is 2. The number of benzene rings is 1. The molecule has 1 heterocycles. The molecule has 0 amide bonds. The van der Waals surface area contributed by atoms with E-state index in [0.717, 1.165) is 23.6 Å². The zero-order valence-corrected chi connectivity index (χ0v) is 13.3. The summed E-state index contributed by atoms with van der Waals surface area (Å²) in [6.45, 7) is 2.72. The number of aryl methyl sites for hydroxylation is 2. The van der Waals surface area contributed by atoms with E-state index >= 15 is 0 Å². The summed E-state index contributed by atoms with van der Waals surface area (Å²) in [7, 11) is 3.56. The summed E-state index contributed by atoms with van der Waals surface area (Å²) < 4.78 is 7.24. The second-order valence-corrected chi connectivity index (χ2v) is 5.74. The summed E-state index contributed by atoms with van der Waals surface area (Å²) in [5, 5.41) is 18.3. The van der Waals surface area contributed by atoms with E-state index in [9.17, 15) is 5.11 Å². The highest BCUT2D eigenvalue weighted by atomic mass is 16.5. The van der Waals surface area contributed by atoms with Gasteiger partial charge in [-0.1, -0.05) is 31.2 Å². The number of aromatic nitrogens is 2. The third-order valence-corrected chi connectivity index (χ3v) is 4.40. The van der Waals surface area contributed by atoms with Crippen molar-refractivity contribution in [3.05, 3.63) is 46.6 Å². The highest BCUT2D eigenvalue weighted by Crippen LogP contribution is 2.32. The van der Waals surface area contributed by atoms with E-state index in [4.69, 9.17) is 4.74 Å². The second kappa shape index (κ2) is 6.10. The van der Waals surface area contributed by atoms with E-state index in [1.165, 1.54) is 11.1 Å². The van der Waals surface area contributed by atoms with E-state index in [1.54, 1.807) is 11.8 Å². The van der Waals surface area contributed by atoms with Gasteiger partial charge in [-0.05, 0) is 17.5 Å². The fraction of sp³-hybridized carbons (Fsp3) is 0.471. The molecule has 0 saturated heterocycles. The Balaban J connectivity index is 1.81. The topological polar surface area (TPSA) is 59.3 Å². The average molecular weight is 301 g/mol. The number of aliphatic hydroxyl groups is 1. The fourth-order valence-electron chi connectivity index (χ4n) is 3.35. The van der Waals surface area contributed by atoms with Crippen molar-refractivity contribution < 1.29 is 9.84 Å². The van der Waals surface area contributed by atoms with Crippen molar-refractivity contribution in [1.29, 1.82) is 0 Å². The molecule has 5 nitrogen and oxygen atoms in total. The molecule has 0 unspecified atom stereocenters. The number of fused-ring (bicyclic) bond motifs is 1. The number of ether oxygens (including phenoxy) is 1. The van der Waals surface area contributed by atoms with Crippen LogP contribution in [-0.2, 0) is 26.4 Å². The van der Waals surface area contributed by atoms with Gasteiger partial charge in [-0.3, -0.25) is 0 Å². The lowest BCUT2D eigenvalue weighted by Crippen LogP contribution is -2.28. The summed E-state index contributed by atoms with van der Waals surface area (Å²) in [5.41, 5.74) is 4.52. The molecule has 0 radical (unpaired) electrons. The van der Waals surface area contributed by atoms with Crippen molar-refractivity contribution >= 4 is 0 Å². The molecule has 0 aliphatic heterocycles. The third-order valence-electron chi connectivity index (χ3n) is 4.40. The smallest absolute Gasteiger partial charge is 0.216 e. The fourth-order valence-corrected chi connectivity index (χ4v) is 3.35. The number of methoxy groups -OCH3 is 1. The third kappa shape index (κ3) is 2.51. The van der Waals surface area contributed by atoms with Gasteiger partial charge in [0.25, 0.3) is 0 Å². The van der Waals surface area contributed by atoms with Gasteiger partial charge >= 0.3 is 0 Å². The maximum absolute atomic E-state index is 10.3. The zero-order chi connectivity index (χ0) is 15.7. The van der Waals surface area contributed by atoms with Crippen molar-refractivity contribution in [3.63, 3.8) is 0 Å². The van der Waals surface area contributed by atoms with Crippen molar-refractivity contribution in [2.24, 2.45) is 7.05 Å². The minimum Gasteiger partial charge on any atom is -0.481 e. The van der Waals surface area contributed by atoms with E-state index in [1.807, 2.05) is 19.2 Å². The molecule has 2 aromatic rings. The first-order chi connectivity index (χ1) is 10.7. The van der Waals surface area contributed by atoms with Crippen LogP contribution in [0.25, 0.3) is 0 Å². The standard InChI is InChI=1S/C17H23N3O2/c1-4-14-13(17(22-3)20(2)19-14)10-18-16-12-8-6-5-7-11(12)9-15(16)21/h5-8,15-16,18,21H,4,9-10H2,1-3H3/t15-,16+/m0/s1. The lowest BCUT2D eigenvalue weighted by molar-refractivity contribution is 0.140. The Morgan fingerprint density at radius 1 is 1.41 bits per heavy atom. The summed E-state index contributed by atoms with van der Waals surface area (Å²) in [5.74, 6) is 0.783. The molecule has 1 aromatic heterocycles. The van der Waals surface area contributed by atoms with Crippen molar-refractivity contribution in [2.75, 3.05) is 7.11 Å². The van der Waals surface area contributed by atoms with Gasteiger partial charge in [0.2, 0.25) is 5.88 Å². The molecule has 5 heteroatoms. The van der Waals surface area contributed by atoms with Crippen LogP contribution in [0, 0.1) is 0 Å². The quantitative estimate of drug-likeness (QED) is 0.883. The highest BCUT2D eigenvalue weighted by molar-refractivity contribution is 5.37. The van der Waals surface area contributed by atoms with Gasteiger partial charge in [0, 0.05) is 20.0 Å². The average Bonchev–Trinajstić information content (AvgIpc) is 3.00. The predicted molar refractivity (Wildman–Crippen MR) is 84.9 cm³/mol. The van der Waals surface area contributed by atoms with Crippen LogP contribution < -0.4 is 10.1 Å². The van der Waals surface area contributed by atoms with Crippen LogP contribution in [0.3, 0.4) is 0 Å². The molecule has 1 aromatic carbocycles. The molecule has 2 N–H and O–H groups in total. The van der Waals surface area contributed by atoms with Crippen LogP contribution in [0.5, 0.6) is 5.88 Å². The SMILES string of the molecule is CCc1nn(C)c(OC)c1CN[C@@H]1c2ccccc2C[C@@H]1O. The monoisotopic (exact) mass is 301 g/mol. The molecule has 2 atom stereocenters. The lowest BCUT2D eigenvalue weighted by Gasteiger charge is -2.18. The van der Waals surface area contributed by atoms with Gasteiger partial charge in [-0.15, -0.1) is 0 Å². The van der Waals surface area contributed by atoms with Gasteiger partial charge in [0.1, 0.15) is 0 Å². The number of hydrogen-bond donors (Lipinski definition) is 2. The molecular weight excluding hydrogens is 278 g/mol. The molecule has 1 aliphatic rings. The molecular formula is C17H23N3O2. The van der Waals surface area contributed by atoms with Crippen molar-refractivity contribution in [2.45, 2.75) is 38.5 Å². The Bertz CT molecular complexity index is 666. The number of hydrogen-bond acceptors (Lipinski definition) is 4. The van der Waals surface area contributed by atoms with Gasteiger partial charge in [0.15, 0.2) is 0 Å². The van der Waals surface area contributed by atoms with Gasteiger partial charge in [-0.2, -0.15) is 5.10 Å². The number of rotatable bonds is 5. The van der Waals surface area contributed by atoms with Crippen molar-refractivity contribution in [3.8, 4) is 5.88 Å². The molecule has 0 fully saturated rings. The Labute approximate surface area is 130 Å². The Kier molecular flexibility index (Phi) is 4.18. The van der Waals surface area contributed by atoms with Crippen LogP contribution in [-0.4, -0.2) is 28.1 Å². The Hall–Kier alpha value is -1.85. The van der Waals surface area contributed by atoms with Crippen LogP contribution in [0.2, 0.25) is 0 Å². The van der Waals surface area contributed by atoms with Crippen LogP contribution in [0.15, 0.2) is 24.3 Å². The molecule has 3 rings (SSSR count). The first-order valence-electron chi connectivity index (χ1n) is 7.73. The van der Waals surface area contributed by atoms with Gasteiger partial charge in [0.05, 0.1) is 30.5 Å². The maximum Gasteiger partial charge on any atom is 0.216 e. The summed E-state index contributed by atoms with van der Waals surface area (Å²) in [6, 6.07) is 8.18. The summed E-state index contributed by atoms with van der Waals surface area (Å²) in [4.78, 5) is 0. The zero-order valence-electron chi connectivity index (χ0n) is 13.3. The van der Waals surface area contributed by atoms with Crippen LogP contribution in [0.4, 0.5) is 0 Å². The predicted octanol–water partition coefficient (Wildman–Crippen LogP) is 1.74. The lowest BCUT2D eigenvalue weighted by atomic mass is 10.1. The van der Waals surface area contributed by atoms with E-state index < -0.39 is 0 Å². The largest absolute Gasteiger partial charge is 0.481 e. The van der Waals surface area contributed by atoms with E-state index in [2.05, 4.69) is 29.5 Å². The van der Waals surface area contributed by atoms with Gasteiger partial charge < -0.3 is 15.2 Å². The molecule has 118 valence electrons. The minimum atomic E-state index is -0.384. The summed E-state index contributed by atoms with van der Waals surface area (Å²) in [6.07, 6.45) is 1.18. The Morgan fingerprint density at radius 3 is 2.91 bits per heavy atom. The number of aliphatic hydroxyl groups excluding tert-OH is 1. The maximum atomic E-state index is 10.3. The van der Waals surface area contributed by atoms with Crippen molar-refractivity contribution in [1.82, 2.24) is 15.1 Å². The molecule has 0 bridgehead atoms. The first-order valence-corrected chi connectivity index (χ1v) is 7.73. The van der Waals surface area contributed by atoms with Crippen LogP contribution >= 0.6 is 0 Å². The van der Waals surface area contributed by atoms with Gasteiger partial charge in [-0.25, -0.2) is 4.68 Å². The van der Waals surface area contributed by atoms with E-state index in [-0.39, 0.29) is 12.1 Å². The molecule has 0 spiro atoms. The first kappa shape index (κ1) is 15.1. The highest BCUT2D eigenvalue weighted by Gasteiger charge is 2.30. The summed E-state index contributed by atoms with van der Waals surface area (Å²) >= 11 is 0. The molecule has 0 saturated carbocycles. The van der Waals surface area contributed by atoms with Crippen LogP contribution in [0.1, 0.15) is 35.3 Å². The normalized spacial score (nSPS) is 20.2.